The standard InChI is InChI=1S/C19H16BrClN2O3/c1-3-9-25-18-8-7-15(20)10-14(18)12-22-23-19(24)13(2)26-17-6-4-5-16(21)11-17/h1,4-8,10-13H,9H2,2H3,(H,23,24)/t13-/m1/s1. The Kier molecular flexibility index (Phi) is 7.52. The van der Waals surface area contributed by atoms with Crippen LogP contribution >= 0.6 is 27.5 Å². The van der Waals surface area contributed by atoms with Gasteiger partial charge in [0.15, 0.2) is 6.10 Å². The molecule has 0 aliphatic rings. The second-order valence-corrected chi connectivity index (χ2v) is 6.48. The molecular weight excluding hydrogens is 420 g/mol. The number of terminal acetylenes is 1. The summed E-state index contributed by atoms with van der Waals surface area (Å²) in [5.41, 5.74) is 3.10. The molecule has 0 bridgehead atoms. The van der Waals surface area contributed by atoms with Crippen molar-refractivity contribution in [3.8, 4) is 23.8 Å². The molecule has 0 radical (unpaired) electrons. The van der Waals surface area contributed by atoms with E-state index in [1.54, 1.807) is 43.3 Å². The minimum Gasteiger partial charge on any atom is -0.481 e. The molecule has 1 amide bonds. The molecule has 134 valence electrons. The number of carbonyl (C=O) groups is 1. The predicted molar refractivity (Wildman–Crippen MR) is 106 cm³/mol. The third kappa shape index (κ3) is 6.10. The lowest BCUT2D eigenvalue weighted by Crippen LogP contribution is -2.33. The molecular formula is C19H16BrClN2O3. The largest absolute Gasteiger partial charge is 0.481 e. The molecule has 1 atom stereocenters. The van der Waals surface area contributed by atoms with E-state index in [2.05, 4.69) is 32.4 Å². The number of nitrogens with zero attached hydrogens (tertiary/aromatic N) is 1. The third-order valence-electron chi connectivity index (χ3n) is 3.14. The highest BCUT2D eigenvalue weighted by atomic mass is 79.9. The Morgan fingerprint density at radius 1 is 1.42 bits per heavy atom. The molecule has 0 saturated carbocycles. The van der Waals surface area contributed by atoms with Gasteiger partial charge in [-0.25, -0.2) is 5.43 Å². The van der Waals surface area contributed by atoms with E-state index in [0.717, 1.165) is 4.47 Å². The SMILES string of the molecule is C#CCOc1ccc(Br)cc1C=NNC(=O)[C@@H](C)Oc1cccc(Cl)c1. The van der Waals surface area contributed by atoms with Crippen molar-refractivity contribution in [1.29, 1.82) is 0 Å². The van der Waals surface area contributed by atoms with Crippen LogP contribution in [0.4, 0.5) is 0 Å². The topological polar surface area (TPSA) is 59.9 Å². The predicted octanol–water partition coefficient (Wildman–Crippen LogP) is 4.03. The van der Waals surface area contributed by atoms with Crippen LogP contribution in [0.25, 0.3) is 0 Å². The van der Waals surface area contributed by atoms with E-state index in [9.17, 15) is 4.79 Å². The van der Waals surface area contributed by atoms with Gasteiger partial charge in [0.05, 0.1) is 6.21 Å². The molecule has 0 unspecified atom stereocenters. The fourth-order valence-electron chi connectivity index (χ4n) is 1.93. The van der Waals surface area contributed by atoms with Gasteiger partial charge >= 0.3 is 0 Å². The summed E-state index contributed by atoms with van der Waals surface area (Å²) in [7, 11) is 0. The van der Waals surface area contributed by atoms with Gasteiger partial charge in [-0.1, -0.05) is 39.5 Å². The van der Waals surface area contributed by atoms with Crippen LogP contribution < -0.4 is 14.9 Å². The van der Waals surface area contributed by atoms with E-state index in [0.29, 0.717) is 22.1 Å². The van der Waals surface area contributed by atoms with Crippen LogP contribution in [0, 0.1) is 12.3 Å². The highest BCUT2D eigenvalue weighted by Gasteiger charge is 2.14. The fourth-order valence-corrected chi connectivity index (χ4v) is 2.48. The minimum absolute atomic E-state index is 0.138. The van der Waals surface area contributed by atoms with Crippen molar-refractivity contribution in [3.63, 3.8) is 0 Å². The van der Waals surface area contributed by atoms with Crippen LogP contribution in [0.5, 0.6) is 11.5 Å². The van der Waals surface area contributed by atoms with Crippen LogP contribution in [0.2, 0.25) is 5.02 Å². The molecule has 0 aliphatic heterocycles. The van der Waals surface area contributed by atoms with Gasteiger partial charge in [0.2, 0.25) is 0 Å². The number of rotatable bonds is 7. The molecule has 0 heterocycles. The van der Waals surface area contributed by atoms with Crippen LogP contribution in [0.3, 0.4) is 0 Å². The zero-order valence-electron chi connectivity index (χ0n) is 13.9. The molecule has 26 heavy (non-hydrogen) atoms. The van der Waals surface area contributed by atoms with Crippen molar-refractivity contribution in [2.24, 2.45) is 5.10 Å². The van der Waals surface area contributed by atoms with Crippen molar-refractivity contribution in [1.82, 2.24) is 5.43 Å². The van der Waals surface area contributed by atoms with Crippen molar-refractivity contribution in [2.75, 3.05) is 6.61 Å². The van der Waals surface area contributed by atoms with Crippen molar-refractivity contribution in [2.45, 2.75) is 13.0 Å². The zero-order valence-corrected chi connectivity index (χ0v) is 16.3. The number of carbonyl (C=O) groups excluding carboxylic acids is 1. The summed E-state index contributed by atoms with van der Waals surface area (Å²) < 4.78 is 11.8. The Labute approximate surface area is 165 Å². The van der Waals surface area contributed by atoms with Crippen molar-refractivity contribution < 1.29 is 14.3 Å². The Morgan fingerprint density at radius 3 is 2.96 bits per heavy atom. The highest BCUT2D eigenvalue weighted by molar-refractivity contribution is 9.10. The van der Waals surface area contributed by atoms with Crippen molar-refractivity contribution in [3.05, 3.63) is 57.5 Å². The molecule has 7 heteroatoms. The lowest BCUT2D eigenvalue weighted by molar-refractivity contribution is -0.127. The molecule has 0 aliphatic carbocycles. The third-order valence-corrected chi connectivity index (χ3v) is 3.87. The number of hydrogen-bond acceptors (Lipinski definition) is 4. The normalized spacial score (nSPS) is 11.6. The average Bonchev–Trinajstić information content (AvgIpc) is 2.61. The number of hydrogen-bond donors (Lipinski definition) is 1. The quantitative estimate of drug-likeness (QED) is 0.406. The maximum Gasteiger partial charge on any atom is 0.280 e. The van der Waals surface area contributed by atoms with E-state index >= 15 is 0 Å². The van der Waals surface area contributed by atoms with Gasteiger partial charge in [-0.15, -0.1) is 6.42 Å². The average molecular weight is 436 g/mol. The van der Waals surface area contributed by atoms with Gasteiger partial charge in [-0.3, -0.25) is 4.79 Å². The van der Waals surface area contributed by atoms with E-state index in [1.807, 2.05) is 6.07 Å². The number of amides is 1. The number of benzene rings is 2. The summed E-state index contributed by atoms with van der Waals surface area (Å²) in [5, 5.41) is 4.48. The lowest BCUT2D eigenvalue weighted by atomic mass is 10.2. The summed E-state index contributed by atoms with van der Waals surface area (Å²) >= 11 is 9.27. The molecule has 5 nitrogen and oxygen atoms in total. The second kappa shape index (κ2) is 9.85. The number of nitrogens with one attached hydrogen (secondary N) is 1. The van der Waals surface area contributed by atoms with E-state index in [1.165, 1.54) is 6.21 Å². The number of ether oxygens (including phenoxy) is 2. The van der Waals surface area contributed by atoms with Crippen molar-refractivity contribution >= 4 is 39.7 Å². The van der Waals surface area contributed by atoms with Gasteiger partial charge in [0.25, 0.3) is 5.91 Å². The van der Waals surface area contributed by atoms with Gasteiger partial charge < -0.3 is 9.47 Å². The van der Waals surface area contributed by atoms with Crippen LogP contribution in [0.15, 0.2) is 52.0 Å². The molecule has 1 N–H and O–H groups in total. The van der Waals surface area contributed by atoms with Crippen LogP contribution in [-0.4, -0.2) is 24.8 Å². The summed E-state index contributed by atoms with van der Waals surface area (Å²) in [6.07, 6.45) is 5.93. The first-order valence-corrected chi connectivity index (χ1v) is 8.77. The van der Waals surface area contributed by atoms with Gasteiger partial charge in [0.1, 0.15) is 18.1 Å². The van der Waals surface area contributed by atoms with E-state index in [4.69, 9.17) is 27.5 Å². The summed E-state index contributed by atoms with van der Waals surface area (Å²) in [6.45, 7) is 1.76. The maximum atomic E-state index is 12.1. The molecule has 2 aromatic rings. The highest BCUT2D eigenvalue weighted by Crippen LogP contribution is 2.22. The fraction of sp³-hybridized carbons (Fsp3) is 0.158. The summed E-state index contributed by atoms with van der Waals surface area (Å²) in [4.78, 5) is 12.1. The Balaban J connectivity index is 1.98. The Hall–Kier alpha value is -2.49. The van der Waals surface area contributed by atoms with Gasteiger partial charge in [-0.05, 0) is 43.3 Å². The Morgan fingerprint density at radius 2 is 2.23 bits per heavy atom. The summed E-state index contributed by atoms with van der Waals surface area (Å²) in [5.74, 6) is 3.06. The van der Waals surface area contributed by atoms with Gasteiger partial charge in [-0.2, -0.15) is 5.10 Å². The molecule has 2 rings (SSSR count). The molecule has 0 fully saturated rings. The van der Waals surface area contributed by atoms with Gasteiger partial charge in [0, 0.05) is 15.1 Å². The number of hydrazone groups is 1. The van der Waals surface area contributed by atoms with E-state index < -0.39 is 12.0 Å². The first-order chi connectivity index (χ1) is 12.5. The van der Waals surface area contributed by atoms with Crippen LogP contribution in [0.1, 0.15) is 12.5 Å². The van der Waals surface area contributed by atoms with E-state index in [-0.39, 0.29) is 6.61 Å². The smallest absolute Gasteiger partial charge is 0.280 e. The summed E-state index contributed by atoms with van der Waals surface area (Å²) in [6, 6.07) is 12.2. The lowest BCUT2D eigenvalue weighted by Gasteiger charge is -2.13. The first-order valence-electron chi connectivity index (χ1n) is 7.60. The molecule has 0 saturated heterocycles. The second-order valence-electron chi connectivity index (χ2n) is 5.13. The van der Waals surface area contributed by atoms with Crippen LogP contribution in [-0.2, 0) is 4.79 Å². The zero-order chi connectivity index (χ0) is 18.9. The molecule has 0 aromatic heterocycles. The molecule has 2 aromatic carbocycles. The maximum absolute atomic E-state index is 12.1. The minimum atomic E-state index is -0.745. The number of halogens is 2. The molecule has 0 spiro atoms. The monoisotopic (exact) mass is 434 g/mol. The Bertz CT molecular complexity index is 849. The first kappa shape index (κ1) is 19.8.